The van der Waals surface area contributed by atoms with Gasteiger partial charge in [-0.25, -0.2) is 0 Å². The first kappa shape index (κ1) is 21.9. The molecule has 3 rings (SSSR count). The normalized spacial score (nSPS) is 15.3. The zero-order valence-electron chi connectivity index (χ0n) is 16.3. The molecule has 0 radical (unpaired) electrons. The predicted molar refractivity (Wildman–Crippen MR) is 126 cm³/mol. The van der Waals surface area contributed by atoms with Crippen molar-refractivity contribution >= 4 is 56.2 Å². The zero-order valence-corrected chi connectivity index (χ0v) is 19.5. The van der Waals surface area contributed by atoms with Gasteiger partial charge in [-0.15, -0.1) is 0 Å². The number of aryl methyl sites for hydroxylation is 1. The van der Waals surface area contributed by atoms with Gasteiger partial charge in [-0.1, -0.05) is 42.2 Å². The number of carbonyl (C=O) groups excluding carboxylic acids is 1. The van der Waals surface area contributed by atoms with Crippen LogP contribution in [0.25, 0.3) is 6.08 Å². The van der Waals surface area contributed by atoms with Gasteiger partial charge in [0.25, 0.3) is 5.91 Å². The minimum Gasteiger partial charge on any atom is -0.493 e. The van der Waals surface area contributed by atoms with Crippen molar-refractivity contribution in [2.24, 2.45) is 0 Å². The van der Waals surface area contributed by atoms with Crippen molar-refractivity contribution in [1.29, 1.82) is 0 Å². The van der Waals surface area contributed by atoms with Crippen molar-refractivity contribution in [2.45, 2.75) is 20.3 Å². The summed E-state index contributed by atoms with van der Waals surface area (Å²) in [6.45, 7) is 5.70. The number of ether oxygens (including phenoxy) is 2. The Kier molecular flexibility index (Phi) is 7.75. The van der Waals surface area contributed by atoms with Crippen molar-refractivity contribution in [3.05, 3.63) is 63.0 Å². The van der Waals surface area contributed by atoms with E-state index in [-0.39, 0.29) is 5.91 Å². The molecule has 2 aromatic carbocycles. The minimum atomic E-state index is -0.0347. The van der Waals surface area contributed by atoms with Gasteiger partial charge in [0.05, 0.1) is 22.6 Å². The number of nitrogens with zero attached hydrogens (tertiary/aromatic N) is 1. The molecule has 0 N–H and O–H groups in total. The molecule has 7 heteroatoms. The van der Waals surface area contributed by atoms with Gasteiger partial charge in [0.2, 0.25) is 0 Å². The largest absolute Gasteiger partial charge is 0.493 e. The van der Waals surface area contributed by atoms with Gasteiger partial charge in [-0.3, -0.25) is 9.69 Å². The molecule has 152 valence electrons. The lowest BCUT2D eigenvalue weighted by Crippen LogP contribution is -2.27. The third kappa shape index (κ3) is 5.84. The molecule has 1 fully saturated rings. The van der Waals surface area contributed by atoms with Crippen LogP contribution in [-0.2, 0) is 4.79 Å². The highest BCUT2D eigenvalue weighted by Crippen LogP contribution is 2.34. The summed E-state index contributed by atoms with van der Waals surface area (Å²) in [5.74, 6) is 1.61. The Bertz CT molecular complexity index is 945. The topological polar surface area (TPSA) is 38.8 Å². The third-order valence-electron chi connectivity index (χ3n) is 4.25. The summed E-state index contributed by atoms with van der Waals surface area (Å²) in [4.78, 5) is 14.6. The first-order chi connectivity index (χ1) is 14.0. The third-order valence-corrected chi connectivity index (χ3v) is 6.25. The summed E-state index contributed by atoms with van der Waals surface area (Å²) < 4.78 is 13.0. The molecule has 0 atom stereocenters. The van der Waals surface area contributed by atoms with E-state index in [1.54, 1.807) is 4.90 Å². The Morgan fingerprint density at radius 3 is 2.66 bits per heavy atom. The van der Waals surface area contributed by atoms with Gasteiger partial charge in [0.15, 0.2) is 0 Å². The second kappa shape index (κ2) is 10.3. The number of thioether (sulfide) groups is 1. The number of halogens is 1. The van der Waals surface area contributed by atoms with E-state index < -0.39 is 0 Å². The fraction of sp³-hybridized carbons (Fsp3) is 0.273. The van der Waals surface area contributed by atoms with Crippen LogP contribution >= 0.6 is 39.9 Å². The van der Waals surface area contributed by atoms with Gasteiger partial charge in [-0.2, -0.15) is 0 Å². The number of amides is 1. The van der Waals surface area contributed by atoms with Crippen molar-refractivity contribution in [2.75, 3.05) is 19.8 Å². The van der Waals surface area contributed by atoms with E-state index in [1.807, 2.05) is 62.4 Å². The molecular formula is C22H22BrNO3S2. The number of hydrogen-bond donors (Lipinski definition) is 0. The van der Waals surface area contributed by atoms with Crippen molar-refractivity contribution < 1.29 is 14.3 Å². The quantitative estimate of drug-likeness (QED) is 0.264. The highest BCUT2D eigenvalue weighted by Gasteiger charge is 2.30. The Morgan fingerprint density at radius 2 is 1.97 bits per heavy atom. The molecule has 0 unspecified atom stereocenters. The van der Waals surface area contributed by atoms with E-state index in [0.29, 0.717) is 29.0 Å². The smallest absolute Gasteiger partial charge is 0.266 e. The number of carbonyl (C=O) groups is 1. The van der Waals surface area contributed by atoms with Crippen LogP contribution in [0, 0.1) is 6.92 Å². The summed E-state index contributed by atoms with van der Waals surface area (Å²) >= 11 is 10.1. The van der Waals surface area contributed by atoms with E-state index in [0.717, 1.165) is 28.0 Å². The van der Waals surface area contributed by atoms with Gasteiger partial charge in [0, 0.05) is 13.0 Å². The zero-order chi connectivity index (χ0) is 20.8. The molecule has 1 aliphatic rings. The van der Waals surface area contributed by atoms with E-state index in [4.69, 9.17) is 21.7 Å². The number of likely N-dealkylation sites (N-methyl/N-ethyl adjacent to an activating group) is 1. The molecule has 29 heavy (non-hydrogen) atoms. The van der Waals surface area contributed by atoms with Crippen LogP contribution in [0.5, 0.6) is 11.5 Å². The van der Waals surface area contributed by atoms with Gasteiger partial charge < -0.3 is 9.47 Å². The fourth-order valence-electron chi connectivity index (χ4n) is 2.78. The Labute approximate surface area is 189 Å². The lowest BCUT2D eigenvalue weighted by molar-refractivity contribution is -0.121. The Balaban J connectivity index is 1.51. The molecule has 0 aliphatic carbocycles. The fourth-order valence-corrected chi connectivity index (χ4v) is 4.68. The minimum absolute atomic E-state index is 0.0347. The van der Waals surface area contributed by atoms with E-state index in [1.165, 1.54) is 17.3 Å². The lowest BCUT2D eigenvalue weighted by Gasteiger charge is -2.10. The van der Waals surface area contributed by atoms with Crippen LogP contribution in [-0.4, -0.2) is 34.9 Å². The molecule has 1 saturated heterocycles. The van der Waals surface area contributed by atoms with E-state index in [2.05, 4.69) is 15.9 Å². The van der Waals surface area contributed by atoms with Crippen LogP contribution in [0.15, 0.2) is 51.8 Å². The monoisotopic (exact) mass is 491 g/mol. The summed E-state index contributed by atoms with van der Waals surface area (Å²) in [7, 11) is 0. The molecule has 4 nitrogen and oxygen atoms in total. The van der Waals surface area contributed by atoms with Crippen molar-refractivity contribution in [3.63, 3.8) is 0 Å². The molecule has 0 saturated carbocycles. The lowest BCUT2D eigenvalue weighted by atomic mass is 10.2. The van der Waals surface area contributed by atoms with Gasteiger partial charge in [-0.05, 0) is 71.2 Å². The number of hydrogen-bond acceptors (Lipinski definition) is 5. The molecule has 0 bridgehead atoms. The highest BCUT2D eigenvalue weighted by atomic mass is 79.9. The summed E-state index contributed by atoms with van der Waals surface area (Å²) in [5.41, 5.74) is 2.10. The van der Waals surface area contributed by atoms with Crippen LogP contribution in [0.2, 0.25) is 0 Å². The summed E-state index contributed by atoms with van der Waals surface area (Å²) in [5, 5.41) is 0. The van der Waals surface area contributed by atoms with E-state index in [9.17, 15) is 4.79 Å². The highest BCUT2D eigenvalue weighted by molar-refractivity contribution is 9.10. The predicted octanol–water partition coefficient (Wildman–Crippen LogP) is 5.83. The second-order valence-corrected chi connectivity index (χ2v) is 9.01. The number of benzene rings is 2. The van der Waals surface area contributed by atoms with Crippen LogP contribution < -0.4 is 9.47 Å². The number of rotatable bonds is 8. The van der Waals surface area contributed by atoms with Crippen molar-refractivity contribution in [1.82, 2.24) is 4.90 Å². The molecule has 2 aromatic rings. The first-order valence-corrected chi connectivity index (χ1v) is 11.4. The second-order valence-electron chi connectivity index (χ2n) is 6.48. The maximum Gasteiger partial charge on any atom is 0.266 e. The molecule has 1 heterocycles. The summed E-state index contributed by atoms with van der Waals surface area (Å²) in [6, 6.07) is 13.8. The molecule has 0 aromatic heterocycles. The molecule has 0 spiro atoms. The standard InChI is InChI=1S/C22H22BrNO3S2/c1-3-24-21(25)20(29-22(24)28)14-16-8-9-19(18(23)13-16)27-11-5-10-26-17-7-4-6-15(2)12-17/h4,6-9,12-14H,3,5,10-11H2,1-2H3. The van der Waals surface area contributed by atoms with Gasteiger partial charge in [0.1, 0.15) is 15.8 Å². The van der Waals surface area contributed by atoms with Gasteiger partial charge >= 0.3 is 0 Å². The summed E-state index contributed by atoms with van der Waals surface area (Å²) in [6.07, 6.45) is 2.64. The average Bonchev–Trinajstić information content (AvgIpc) is 2.95. The number of thiocarbonyl (C=S) groups is 1. The SMILES string of the molecule is CCN1C(=O)C(=Cc2ccc(OCCCOc3cccc(C)c3)c(Br)c2)SC1=S. The Morgan fingerprint density at radius 1 is 1.17 bits per heavy atom. The first-order valence-electron chi connectivity index (χ1n) is 9.35. The van der Waals surface area contributed by atoms with Crippen molar-refractivity contribution in [3.8, 4) is 11.5 Å². The maximum absolute atomic E-state index is 12.3. The van der Waals surface area contributed by atoms with Crippen LogP contribution in [0.3, 0.4) is 0 Å². The molecule has 1 aliphatic heterocycles. The Hall–Kier alpha value is -1.83. The van der Waals surface area contributed by atoms with E-state index >= 15 is 0 Å². The average molecular weight is 492 g/mol. The molecule has 1 amide bonds. The van der Waals surface area contributed by atoms with Crippen LogP contribution in [0.1, 0.15) is 24.5 Å². The van der Waals surface area contributed by atoms with Crippen LogP contribution in [0.4, 0.5) is 0 Å². The molecular weight excluding hydrogens is 470 g/mol. The maximum atomic E-state index is 12.3.